The average molecular weight is 671 g/mol. The van der Waals surface area contributed by atoms with Gasteiger partial charge in [-0.05, 0) is 52.6 Å². The fourth-order valence-electron chi connectivity index (χ4n) is 7.29. The molecule has 2 aromatic heterocycles. The number of anilines is 3. The van der Waals surface area contributed by atoms with E-state index in [1.807, 2.05) is 72.0 Å². The van der Waals surface area contributed by atoms with Gasteiger partial charge >= 0.3 is 0 Å². The zero-order valence-corrected chi connectivity index (χ0v) is 28.4. The first-order chi connectivity index (χ1) is 25.3. The maximum Gasteiger partial charge on any atom is 0.164 e. The number of aromatic nitrogens is 3. The van der Waals surface area contributed by atoms with E-state index in [-0.39, 0.29) is 0 Å². The van der Waals surface area contributed by atoms with Crippen LogP contribution in [0.15, 0.2) is 170 Å². The Kier molecular flexibility index (Phi) is 7.03. The van der Waals surface area contributed by atoms with Crippen LogP contribution in [0.1, 0.15) is 11.1 Å². The summed E-state index contributed by atoms with van der Waals surface area (Å²) in [6, 6.07) is 59.9. The van der Waals surface area contributed by atoms with E-state index in [4.69, 9.17) is 15.0 Å². The standard InChI is InChI=1S/C46H30N4S/c1-3-12-31(13-4-1)44-47-45(32-14-5-2-6-15-32)49-46(48-44)33-24-22-30(23-25-33)34-17-11-18-37(29-34)50-39-20-9-7-16-35(39)28-36-26-27-41-42(43(36)50)38-19-8-10-21-40(38)51-41/h1-27,29H,28H2. The summed E-state index contributed by atoms with van der Waals surface area (Å²) in [5.74, 6) is 1.97. The van der Waals surface area contributed by atoms with Gasteiger partial charge in [-0.15, -0.1) is 11.3 Å². The summed E-state index contributed by atoms with van der Waals surface area (Å²) in [5, 5.41) is 2.65. The van der Waals surface area contributed by atoms with Crippen LogP contribution in [-0.4, -0.2) is 15.0 Å². The third-order valence-electron chi connectivity index (χ3n) is 9.72. The molecule has 0 unspecified atom stereocenters. The van der Waals surface area contributed by atoms with Crippen LogP contribution in [0.4, 0.5) is 17.1 Å². The van der Waals surface area contributed by atoms with Crippen molar-refractivity contribution in [3.05, 3.63) is 181 Å². The molecule has 0 saturated heterocycles. The maximum absolute atomic E-state index is 4.93. The van der Waals surface area contributed by atoms with Gasteiger partial charge in [-0.3, -0.25) is 0 Å². The first kappa shape index (κ1) is 29.5. The van der Waals surface area contributed by atoms with Crippen LogP contribution in [0.2, 0.25) is 0 Å². The monoisotopic (exact) mass is 670 g/mol. The second-order valence-corrected chi connectivity index (χ2v) is 13.9. The fraction of sp³-hybridized carbons (Fsp3) is 0.0217. The lowest BCUT2D eigenvalue weighted by molar-refractivity contribution is 1.07. The highest BCUT2D eigenvalue weighted by atomic mass is 32.1. The van der Waals surface area contributed by atoms with Crippen LogP contribution in [-0.2, 0) is 6.42 Å². The van der Waals surface area contributed by atoms with Gasteiger partial charge < -0.3 is 4.90 Å². The Balaban J connectivity index is 1.07. The van der Waals surface area contributed by atoms with Crippen molar-refractivity contribution >= 4 is 48.6 Å². The van der Waals surface area contributed by atoms with Gasteiger partial charge in [0.25, 0.3) is 0 Å². The van der Waals surface area contributed by atoms with Crippen molar-refractivity contribution in [3.63, 3.8) is 0 Å². The Morgan fingerprint density at radius 3 is 1.75 bits per heavy atom. The number of hydrogen-bond acceptors (Lipinski definition) is 5. The molecule has 0 aliphatic carbocycles. The van der Waals surface area contributed by atoms with E-state index in [0.717, 1.165) is 39.9 Å². The molecule has 1 aliphatic heterocycles. The molecule has 0 saturated carbocycles. The Labute approximate surface area is 300 Å². The van der Waals surface area contributed by atoms with Crippen molar-refractivity contribution in [1.29, 1.82) is 0 Å². The van der Waals surface area contributed by atoms with Crippen LogP contribution in [0.3, 0.4) is 0 Å². The number of nitrogens with zero attached hydrogens (tertiary/aromatic N) is 4. The van der Waals surface area contributed by atoms with Crippen LogP contribution >= 0.6 is 11.3 Å². The first-order valence-corrected chi connectivity index (χ1v) is 18.0. The quantitative estimate of drug-likeness (QED) is 0.183. The molecule has 9 aromatic rings. The zero-order valence-electron chi connectivity index (χ0n) is 27.6. The number of hydrogen-bond donors (Lipinski definition) is 0. The summed E-state index contributed by atoms with van der Waals surface area (Å²) in [6.07, 6.45) is 0.915. The van der Waals surface area contributed by atoms with Crippen molar-refractivity contribution in [2.24, 2.45) is 0 Å². The first-order valence-electron chi connectivity index (χ1n) is 17.2. The van der Waals surface area contributed by atoms with Gasteiger partial charge in [-0.1, -0.05) is 140 Å². The van der Waals surface area contributed by atoms with Crippen molar-refractivity contribution in [3.8, 4) is 45.3 Å². The van der Waals surface area contributed by atoms with Gasteiger partial charge in [-0.2, -0.15) is 0 Å². The van der Waals surface area contributed by atoms with Crippen molar-refractivity contribution in [2.75, 3.05) is 4.90 Å². The van der Waals surface area contributed by atoms with Crippen LogP contribution < -0.4 is 4.90 Å². The minimum Gasteiger partial charge on any atom is -0.309 e. The highest BCUT2D eigenvalue weighted by molar-refractivity contribution is 7.26. The molecule has 3 heterocycles. The third-order valence-corrected chi connectivity index (χ3v) is 10.9. The summed E-state index contributed by atoms with van der Waals surface area (Å²) in [4.78, 5) is 17.2. The molecule has 0 spiro atoms. The number of fused-ring (bicyclic) bond motifs is 6. The molecule has 0 N–H and O–H groups in total. The van der Waals surface area contributed by atoms with E-state index in [1.165, 1.54) is 42.7 Å². The summed E-state index contributed by atoms with van der Waals surface area (Å²) in [6.45, 7) is 0. The second kappa shape index (κ2) is 12.2. The largest absolute Gasteiger partial charge is 0.309 e. The van der Waals surface area contributed by atoms with Crippen LogP contribution in [0.25, 0.3) is 65.5 Å². The smallest absolute Gasteiger partial charge is 0.164 e. The van der Waals surface area contributed by atoms with Crippen molar-refractivity contribution in [2.45, 2.75) is 6.42 Å². The van der Waals surface area contributed by atoms with E-state index in [1.54, 1.807) is 0 Å². The van der Waals surface area contributed by atoms with E-state index < -0.39 is 0 Å². The lowest BCUT2D eigenvalue weighted by atomic mass is 9.92. The van der Waals surface area contributed by atoms with E-state index in [0.29, 0.717) is 17.5 Å². The molecule has 1 aliphatic rings. The van der Waals surface area contributed by atoms with Gasteiger partial charge in [0.2, 0.25) is 0 Å². The molecule has 51 heavy (non-hydrogen) atoms. The van der Waals surface area contributed by atoms with Crippen molar-refractivity contribution in [1.82, 2.24) is 15.0 Å². The molecule has 0 bridgehead atoms. The molecular weight excluding hydrogens is 641 g/mol. The lowest BCUT2D eigenvalue weighted by Crippen LogP contribution is -2.18. The molecule has 0 amide bonds. The predicted octanol–water partition coefficient (Wildman–Crippen LogP) is 12.3. The minimum atomic E-state index is 0.650. The zero-order chi connectivity index (χ0) is 33.7. The molecule has 0 radical (unpaired) electrons. The molecule has 7 aromatic carbocycles. The molecular formula is C46H30N4S. The topological polar surface area (TPSA) is 41.9 Å². The maximum atomic E-state index is 4.93. The lowest BCUT2D eigenvalue weighted by Gasteiger charge is -2.34. The van der Waals surface area contributed by atoms with Gasteiger partial charge in [0, 0.05) is 54.7 Å². The molecule has 0 fully saturated rings. The molecule has 240 valence electrons. The predicted molar refractivity (Wildman–Crippen MR) is 212 cm³/mol. The summed E-state index contributed by atoms with van der Waals surface area (Å²) >= 11 is 1.87. The Morgan fingerprint density at radius 2 is 1.02 bits per heavy atom. The molecule has 0 atom stereocenters. The third kappa shape index (κ3) is 5.18. The fourth-order valence-corrected chi connectivity index (χ4v) is 8.39. The number of benzene rings is 7. The molecule has 5 heteroatoms. The molecule has 10 rings (SSSR count). The van der Waals surface area contributed by atoms with E-state index in [9.17, 15) is 0 Å². The highest BCUT2D eigenvalue weighted by Gasteiger charge is 2.27. The SMILES string of the molecule is c1ccc(-c2nc(-c3ccccc3)nc(-c3ccc(-c4cccc(N5c6ccccc6Cc6ccc7sc8ccccc8c7c65)c4)cc3)n2)cc1. The van der Waals surface area contributed by atoms with Crippen molar-refractivity contribution < 1.29 is 0 Å². The number of rotatable bonds is 5. The Morgan fingerprint density at radius 1 is 0.431 bits per heavy atom. The summed E-state index contributed by atoms with van der Waals surface area (Å²) in [5.41, 5.74) is 11.5. The molecule has 4 nitrogen and oxygen atoms in total. The van der Waals surface area contributed by atoms with Gasteiger partial charge in [0.15, 0.2) is 17.5 Å². The number of para-hydroxylation sites is 1. The van der Waals surface area contributed by atoms with Gasteiger partial charge in [0.05, 0.1) is 5.69 Å². The summed E-state index contributed by atoms with van der Waals surface area (Å²) < 4.78 is 2.63. The second-order valence-electron chi connectivity index (χ2n) is 12.9. The van der Waals surface area contributed by atoms with Gasteiger partial charge in [0.1, 0.15) is 0 Å². The summed E-state index contributed by atoms with van der Waals surface area (Å²) in [7, 11) is 0. The van der Waals surface area contributed by atoms with E-state index in [2.05, 4.69) is 114 Å². The van der Waals surface area contributed by atoms with Gasteiger partial charge in [-0.25, -0.2) is 15.0 Å². The van der Waals surface area contributed by atoms with E-state index >= 15 is 0 Å². The Hall–Kier alpha value is -6.43. The Bertz CT molecular complexity index is 2660. The number of thiophene rings is 1. The minimum absolute atomic E-state index is 0.650. The normalized spacial score (nSPS) is 12.2. The van der Waals surface area contributed by atoms with Crippen LogP contribution in [0.5, 0.6) is 0 Å². The average Bonchev–Trinajstić information content (AvgIpc) is 3.60. The van der Waals surface area contributed by atoms with Crippen LogP contribution in [0, 0.1) is 0 Å². The highest BCUT2D eigenvalue weighted by Crippen LogP contribution is 2.51.